The Morgan fingerprint density at radius 2 is 0.506 bits per heavy atom. The van der Waals surface area contributed by atoms with E-state index in [1.807, 2.05) is 0 Å². The maximum absolute atomic E-state index is 5.52. The molecule has 6 heterocycles. The summed E-state index contributed by atoms with van der Waals surface area (Å²) in [5.41, 5.74) is -0.00720. The summed E-state index contributed by atoms with van der Waals surface area (Å²) >= 11 is 0. The van der Waals surface area contributed by atoms with Gasteiger partial charge in [-0.2, -0.15) is 29.9 Å². The van der Waals surface area contributed by atoms with Crippen molar-refractivity contribution < 1.29 is 0 Å². The van der Waals surface area contributed by atoms with Gasteiger partial charge < -0.3 is 51.5 Å². The normalized spacial score (nSPS) is 22.3. The lowest BCUT2D eigenvalue weighted by Crippen LogP contribution is -2.63. The number of nitrogens with one attached hydrogen (secondary N) is 6. The molecule has 6 rings (SSSR count). The van der Waals surface area contributed by atoms with Gasteiger partial charge in [-0.15, -0.1) is 0 Å². The molecular formula is C65H124N16. The molecule has 6 N–H and O–H groups in total. The van der Waals surface area contributed by atoms with Crippen LogP contribution in [0.3, 0.4) is 0 Å². The largest absolute Gasteiger partial charge is 0.354 e. The minimum Gasteiger partial charge on any atom is -0.354 e. The van der Waals surface area contributed by atoms with Gasteiger partial charge in [0, 0.05) is 108 Å². The van der Waals surface area contributed by atoms with E-state index in [0.29, 0.717) is 36.1 Å². The van der Waals surface area contributed by atoms with Gasteiger partial charge in [0.1, 0.15) is 0 Å². The molecule has 4 aliphatic heterocycles. The molecule has 2 aromatic rings. The predicted molar refractivity (Wildman–Crippen MR) is 346 cm³/mol. The Labute approximate surface area is 496 Å². The van der Waals surface area contributed by atoms with Crippen molar-refractivity contribution >= 4 is 35.7 Å². The third-order valence-corrected chi connectivity index (χ3v) is 17.6. The average molecular weight is 1130 g/mol. The summed E-state index contributed by atoms with van der Waals surface area (Å²) < 4.78 is 0. The van der Waals surface area contributed by atoms with Crippen molar-refractivity contribution in [2.75, 3.05) is 69.5 Å². The van der Waals surface area contributed by atoms with Gasteiger partial charge in [-0.3, -0.25) is 0 Å². The number of anilines is 6. The van der Waals surface area contributed by atoms with Gasteiger partial charge in [0.2, 0.25) is 35.7 Å². The van der Waals surface area contributed by atoms with Gasteiger partial charge in [-0.05, 0) is 201 Å². The predicted octanol–water partition coefficient (Wildman–Crippen LogP) is 13.2. The van der Waals surface area contributed by atoms with E-state index in [1.165, 1.54) is 0 Å². The maximum atomic E-state index is 5.52. The molecule has 464 valence electrons. The summed E-state index contributed by atoms with van der Waals surface area (Å²) in [6.07, 6.45) is 22.7. The third kappa shape index (κ3) is 20.4. The van der Waals surface area contributed by atoms with Crippen LogP contribution in [0.25, 0.3) is 0 Å². The highest BCUT2D eigenvalue weighted by molar-refractivity contribution is 5.49. The molecule has 0 amide bonds. The van der Waals surface area contributed by atoms with Crippen LogP contribution < -0.4 is 51.5 Å². The highest BCUT2D eigenvalue weighted by Crippen LogP contribution is 2.39. The minimum absolute atomic E-state index is 0.000900. The Hall–Kier alpha value is -3.34. The molecule has 0 aliphatic carbocycles. The van der Waals surface area contributed by atoms with Gasteiger partial charge in [0.25, 0.3) is 0 Å². The van der Waals surface area contributed by atoms with Crippen LogP contribution in [0.5, 0.6) is 0 Å². The van der Waals surface area contributed by atoms with Crippen LogP contribution in [-0.4, -0.2) is 138 Å². The zero-order chi connectivity index (χ0) is 59.7. The lowest BCUT2D eigenvalue weighted by atomic mass is 9.79. The highest BCUT2D eigenvalue weighted by Gasteiger charge is 2.45. The number of aromatic nitrogens is 6. The van der Waals surface area contributed by atoms with Crippen molar-refractivity contribution in [2.45, 2.75) is 342 Å². The Morgan fingerprint density at radius 3 is 0.704 bits per heavy atom. The number of nitrogens with zero attached hydrogens (tertiary/aromatic N) is 10. The van der Waals surface area contributed by atoms with Crippen molar-refractivity contribution in [3.8, 4) is 0 Å². The van der Waals surface area contributed by atoms with Crippen molar-refractivity contribution in [3.05, 3.63) is 0 Å². The molecule has 81 heavy (non-hydrogen) atoms. The second kappa shape index (κ2) is 27.8. The fourth-order valence-electron chi connectivity index (χ4n) is 15.6. The average Bonchev–Trinajstić information content (AvgIpc) is 3.30. The first kappa shape index (κ1) is 66.8. The molecule has 0 radical (unpaired) electrons. The standard InChI is InChI=1S/C65H124N16/c1-21-25-36-78(48-40-58(5,6)74-59(7,8)41-48)54-68-52(69-55(72-54)79(37-26-22-2)49-42-60(9,10)75-61(11,12)43-49)66-34-32-30-29-31-33-35-67-53-70-56(80(38-27-23-3)50-44-62(13,14)76-63(15,16)45-50)73-57(71-53)81(39-28-24-4)51-46-64(17,18)77-65(19,20)47-51/h48-51,74-77H,21-47H2,1-20H3,(H,66,68,69,72)(H,67,70,71,73). The third-order valence-electron chi connectivity index (χ3n) is 17.6. The first-order valence-corrected chi connectivity index (χ1v) is 33.0. The Kier molecular flexibility index (Phi) is 22.9. The molecule has 0 aromatic carbocycles. The zero-order valence-corrected chi connectivity index (χ0v) is 55.9. The van der Waals surface area contributed by atoms with E-state index >= 15 is 0 Å². The van der Waals surface area contributed by atoms with Gasteiger partial charge in [0.05, 0.1) is 0 Å². The van der Waals surface area contributed by atoms with Gasteiger partial charge in [-0.25, -0.2) is 0 Å². The smallest absolute Gasteiger partial charge is 0.232 e. The molecule has 16 heteroatoms. The molecule has 0 atom stereocenters. The number of unbranched alkanes of at least 4 members (excludes halogenated alkanes) is 8. The molecular weight excluding hydrogens is 1000 g/mol. The second-order valence-corrected chi connectivity index (χ2v) is 31.1. The van der Waals surface area contributed by atoms with Gasteiger partial charge in [-0.1, -0.05) is 72.6 Å². The fourth-order valence-corrected chi connectivity index (χ4v) is 15.6. The number of rotatable bonds is 30. The monoisotopic (exact) mass is 1130 g/mol. The van der Waals surface area contributed by atoms with Crippen molar-refractivity contribution in [1.29, 1.82) is 0 Å². The molecule has 0 unspecified atom stereocenters. The Bertz CT molecular complexity index is 1880. The second-order valence-electron chi connectivity index (χ2n) is 31.1. The number of hydrogen-bond acceptors (Lipinski definition) is 16. The van der Waals surface area contributed by atoms with Crippen molar-refractivity contribution in [1.82, 2.24) is 51.2 Å². The first-order valence-electron chi connectivity index (χ1n) is 33.0. The van der Waals surface area contributed by atoms with Crippen LogP contribution >= 0.6 is 0 Å². The van der Waals surface area contributed by atoms with E-state index in [4.69, 9.17) is 29.9 Å². The summed E-state index contributed by atoms with van der Waals surface area (Å²) in [5.74, 6) is 4.73. The molecule has 0 bridgehead atoms. The van der Waals surface area contributed by atoms with E-state index in [9.17, 15) is 0 Å². The summed E-state index contributed by atoms with van der Waals surface area (Å²) in [6, 6.07) is 1.26. The van der Waals surface area contributed by atoms with Gasteiger partial charge >= 0.3 is 0 Å². The number of hydrogen-bond donors (Lipinski definition) is 6. The topological polar surface area (TPSA) is 162 Å². The summed E-state index contributed by atoms with van der Waals surface area (Å²) in [7, 11) is 0. The summed E-state index contributed by atoms with van der Waals surface area (Å²) in [5, 5.41) is 23.3. The van der Waals surface area contributed by atoms with E-state index in [1.54, 1.807) is 0 Å². The zero-order valence-electron chi connectivity index (χ0n) is 55.9. The summed E-state index contributed by atoms with van der Waals surface area (Å²) in [4.78, 5) is 42.7. The van der Waals surface area contributed by atoms with E-state index in [0.717, 1.165) is 198 Å². The molecule has 4 saturated heterocycles. The maximum Gasteiger partial charge on any atom is 0.232 e. The van der Waals surface area contributed by atoms with Crippen LogP contribution in [0.1, 0.15) is 273 Å². The Balaban J connectivity index is 1.19. The molecule has 4 aliphatic rings. The molecule has 0 saturated carbocycles. The first-order chi connectivity index (χ1) is 37.8. The van der Waals surface area contributed by atoms with Crippen molar-refractivity contribution in [3.63, 3.8) is 0 Å². The van der Waals surface area contributed by atoms with Crippen LogP contribution in [0, 0.1) is 0 Å². The van der Waals surface area contributed by atoms with Crippen LogP contribution in [0.15, 0.2) is 0 Å². The lowest BCUT2D eigenvalue weighted by Gasteiger charge is -2.50. The van der Waals surface area contributed by atoms with E-state index in [-0.39, 0.29) is 44.3 Å². The number of piperidine rings is 4. The SMILES string of the molecule is CCCCN(c1nc(NCCCCCCCNc2nc(N(CCCC)C3CC(C)(C)NC(C)(C)C3)nc(N(CCCC)C3CC(C)(C)NC(C)(C)C3)n2)nc(N(CCCC)C2CC(C)(C)NC(C)(C)C2)n1)C1CC(C)(C)NC(C)(C)C1. The van der Waals surface area contributed by atoms with E-state index in [2.05, 4.69) is 190 Å². The lowest BCUT2D eigenvalue weighted by molar-refractivity contribution is 0.156. The minimum atomic E-state index is -0.000900. The van der Waals surface area contributed by atoms with Crippen LogP contribution in [-0.2, 0) is 0 Å². The van der Waals surface area contributed by atoms with Crippen molar-refractivity contribution in [2.24, 2.45) is 0 Å². The van der Waals surface area contributed by atoms with Crippen LogP contribution in [0.2, 0.25) is 0 Å². The molecule has 16 nitrogen and oxygen atoms in total. The fraction of sp³-hybridized carbons (Fsp3) is 0.908. The van der Waals surface area contributed by atoms with E-state index < -0.39 is 0 Å². The Morgan fingerprint density at radius 1 is 0.309 bits per heavy atom. The summed E-state index contributed by atoms with van der Waals surface area (Å²) in [6.45, 7) is 52.2. The molecule has 2 aromatic heterocycles. The van der Waals surface area contributed by atoms with Crippen LogP contribution in [0.4, 0.5) is 35.7 Å². The highest BCUT2D eigenvalue weighted by atomic mass is 15.4. The molecule has 0 spiro atoms. The molecule has 4 fully saturated rings. The van der Waals surface area contributed by atoms with Gasteiger partial charge in [0.15, 0.2) is 0 Å². The quantitative estimate of drug-likeness (QED) is 0.0409.